The zero-order chi connectivity index (χ0) is 20.0. The lowest BCUT2D eigenvalue weighted by atomic mass is 9.96. The van der Waals surface area contributed by atoms with Crippen molar-refractivity contribution in [2.45, 2.75) is 43.8 Å². The first-order valence-corrected chi connectivity index (χ1v) is 9.57. The molecule has 0 unspecified atom stereocenters. The van der Waals surface area contributed by atoms with Gasteiger partial charge in [-0.1, -0.05) is 6.07 Å². The van der Waals surface area contributed by atoms with E-state index in [0.29, 0.717) is 25.0 Å². The van der Waals surface area contributed by atoms with Crippen LogP contribution in [-0.2, 0) is 21.4 Å². The molecule has 0 heterocycles. The zero-order valence-corrected chi connectivity index (χ0v) is 15.0. The molecule has 5 nitrogen and oxygen atoms in total. The highest BCUT2D eigenvalue weighted by atomic mass is 32.2. The highest BCUT2D eigenvalue weighted by Gasteiger charge is 2.49. The first-order chi connectivity index (χ1) is 11.7. The van der Waals surface area contributed by atoms with Gasteiger partial charge in [-0.05, 0) is 44.4 Å². The Hall–Kier alpha value is -1.84. The molecule has 1 aliphatic carbocycles. The van der Waals surface area contributed by atoms with Gasteiger partial charge in [-0.25, -0.2) is 17.6 Å². The highest BCUT2D eigenvalue weighted by molar-refractivity contribution is 7.91. The molecule has 0 bridgehead atoms. The van der Waals surface area contributed by atoms with Crippen LogP contribution in [0.25, 0.3) is 0 Å². The van der Waals surface area contributed by atoms with Gasteiger partial charge in [-0.15, -0.1) is 0 Å². The Morgan fingerprint density at radius 2 is 1.85 bits per heavy atom. The van der Waals surface area contributed by atoms with Crippen LogP contribution in [0.1, 0.15) is 37.8 Å². The lowest BCUT2D eigenvalue weighted by molar-refractivity contribution is -0.140. The van der Waals surface area contributed by atoms with E-state index >= 15 is 0 Å². The number of amides is 1. The van der Waals surface area contributed by atoms with E-state index in [2.05, 4.69) is 5.32 Å². The molecule has 2 rings (SSSR count). The van der Waals surface area contributed by atoms with Crippen molar-refractivity contribution in [1.82, 2.24) is 5.32 Å². The molecular formula is C16H19F4NO4S. The van der Waals surface area contributed by atoms with Crippen molar-refractivity contribution in [3.8, 4) is 0 Å². The van der Waals surface area contributed by atoms with Gasteiger partial charge in [0.15, 0.2) is 9.84 Å². The number of hydrogen-bond acceptors (Lipinski definition) is 3. The summed E-state index contributed by atoms with van der Waals surface area (Å²) >= 11 is 0. The number of benzene rings is 1. The molecule has 2 N–H and O–H groups in total. The molecule has 1 amide bonds. The molecule has 10 heteroatoms. The van der Waals surface area contributed by atoms with E-state index < -0.39 is 55.9 Å². The number of carboxylic acid groups (broad SMARTS) is 1. The van der Waals surface area contributed by atoms with E-state index in [9.17, 15) is 30.8 Å². The number of halogens is 4. The third-order valence-corrected chi connectivity index (χ3v) is 6.41. The third-order valence-electron chi connectivity index (χ3n) is 4.26. The van der Waals surface area contributed by atoms with Crippen LogP contribution in [0.15, 0.2) is 18.2 Å². The Balaban J connectivity index is 2.26. The number of rotatable bonds is 6. The molecule has 1 saturated carbocycles. The number of nitrogens with one attached hydrogen (secondary N) is 1. The summed E-state index contributed by atoms with van der Waals surface area (Å²) in [6.07, 6.45) is -5.52. The Labute approximate surface area is 148 Å². The van der Waals surface area contributed by atoms with Gasteiger partial charge in [-0.2, -0.15) is 13.2 Å². The van der Waals surface area contributed by atoms with Crippen LogP contribution in [-0.4, -0.2) is 36.7 Å². The van der Waals surface area contributed by atoms with Crippen molar-refractivity contribution in [3.05, 3.63) is 35.1 Å². The summed E-state index contributed by atoms with van der Waals surface area (Å²) in [5.41, 5.74) is -3.54. The summed E-state index contributed by atoms with van der Waals surface area (Å²) in [5, 5.41) is 10.9. The normalized spacial score (nSPS) is 17.0. The number of sulfone groups is 1. The molecule has 146 valence electrons. The van der Waals surface area contributed by atoms with Crippen molar-refractivity contribution in [3.63, 3.8) is 0 Å². The van der Waals surface area contributed by atoms with Crippen LogP contribution in [0.3, 0.4) is 0 Å². The lowest BCUT2D eigenvalue weighted by Gasteiger charge is -2.26. The minimum atomic E-state index is -4.87. The second-order valence-electron chi connectivity index (χ2n) is 7.32. The van der Waals surface area contributed by atoms with E-state index in [0.717, 1.165) is 0 Å². The van der Waals surface area contributed by atoms with E-state index in [4.69, 9.17) is 5.11 Å². The van der Waals surface area contributed by atoms with E-state index in [-0.39, 0.29) is 5.56 Å². The van der Waals surface area contributed by atoms with E-state index in [1.165, 1.54) is 19.9 Å². The third kappa shape index (κ3) is 4.87. The molecule has 0 radical (unpaired) electrons. The summed E-state index contributed by atoms with van der Waals surface area (Å²) < 4.78 is 77.1. The van der Waals surface area contributed by atoms with Gasteiger partial charge >= 0.3 is 12.3 Å². The largest absolute Gasteiger partial charge is 0.465 e. The van der Waals surface area contributed by atoms with Gasteiger partial charge < -0.3 is 10.4 Å². The van der Waals surface area contributed by atoms with Gasteiger partial charge in [-0.3, -0.25) is 0 Å². The average molecular weight is 397 g/mol. The topological polar surface area (TPSA) is 83.5 Å². The Bertz CT molecular complexity index is 814. The van der Waals surface area contributed by atoms with Crippen LogP contribution in [0, 0.1) is 5.82 Å². The molecule has 1 aromatic rings. The Kier molecular flexibility index (Phi) is 5.04. The summed E-state index contributed by atoms with van der Waals surface area (Å²) in [7, 11) is -3.79. The van der Waals surface area contributed by atoms with Gasteiger partial charge in [0.2, 0.25) is 0 Å². The SMILES string of the molecule is CC(C)(CS(=O)(=O)CC1(c2ccc(F)c(C(F)(F)F)c2)CC1)NC(=O)O. The molecule has 1 aliphatic rings. The quantitative estimate of drug-likeness (QED) is 0.722. The van der Waals surface area contributed by atoms with Crippen molar-refractivity contribution in [2.75, 3.05) is 11.5 Å². The molecule has 0 saturated heterocycles. The number of hydrogen-bond donors (Lipinski definition) is 2. The molecular weight excluding hydrogens is 378 g/mol. The van der Waals surface area contributed by atoms with Crippen LogP contribution in [0.2, 0.25) is 0 Å². The van der Waals surface area contributed by atoms with Crippen LogP contribution in [0.5, 0.6) is 0 Å². The second-order valence-corrected chi connectivity index (χ2v) is 9.38. The Morgan fingerprint density at radius 3 is 2.31 bits per heavy atom. The molecule has 0 aliphatic heterocycles. The minimum Gasteiger partial charge on any atom is -0.465 e. The molecule has 26 heavy (non-hydrogen) atoms. The molecule has 0 atom stereocenters. The molecule has 0 spiro atoms. The average Bonchev–Trinajstić information content (AvgIpc) is 3.14. The molecule has 0 aromatic heterocycles. The maximum Gasteiger partial charge on any atom is 0.419 e. The Morgan fingerprint density at radius 1 is 1.27 bits per heavy atom. The second kappa shape index (κ2) is 6.40. The maximum atomic E-state index is 13.5. The highest BCUT2D eigenvalue weighted by Crippen LogP contribution is 2.50. The standard InChI is InChI=1S/C16H19F4NO4S/c1-14(2,21-13(22)23)8-26(24,25)9-15(5-6-15)10-3-4-12(17)11(7-10)16(18,19)20/h3-4,7,21H,5-6,8-9H2,1-2H3,(H,22,23). The molecule has 1 fully saturated rings. The van der Waals surface area contributed by atoms with Crippen molar-refractivity contribution >= 4 is 15.9 Å². The minimum absolute atomic E-state index is 0.124. The van der Waals surface area contributed by atoms with Gasteiger partial charge in [0.25, 0.3) is 0 Å². The molecule has 1 aromatic carbocycles. The summed E-state index contributed by atoms with van der Waals surface area (Å²) in [6, 6.07) is 2.53. The maximum absolute atomic E-state index is 13.5. The monoisotopic (exact) mass is 397 g/mol. The van der Waals surface area contributed by atoms with Gasteiger partial charge in [0.1, 0.15) is 5.82 Å². The first-order valence-electron chi connectivity index (χ1n) is 7.75. The van der Waals surface area contributed by atoms with Crippen molar-refractivity contribution < 1.29 is 35.9 Å². The summed E-state index contributed by atoms with van der Waals surface area (Å²) in [5.74, 6) is -2.33. The fourth-order valence-electron chi connectivity index (χ4n) is 3.09. The van der Waals surface area contributed by atoms with E-state index in [1.54, 1.807) is 0 Å². The fourth-order valence-corrected chi connectivity index (χ4v) is 5.66. The van der Waals surface area contributed by atoms with Crippen molar-refractivity contribution in [1.29, 1.82) is 0 Å². The van der Waals surface area contributed by atoms with Crippen LogP contribution < -0.4 is 5.32 Å². The van der Waals surface area contributed by atoms with Gasteiger partial charge in [0.05, 0.1) is 22.6 Å². The summed E-state index contributed by atoms with van der Waals surface area (Å²) in [6.45, 7) is 2.80. The predicted octanol–water partition coefficient (Wildman–Crippen LogP) is 3.34. The van der Waals surface area contributed by atoms with Crippen LogP contribution in [0.4, 0.5) is 22.4 Å². The number of carbonyl (C=O) groups is 1. The van der Waals surface area contributed by atoms with Crippen LogP contribution >= 0.6 is 0 Å². The first kappa shape index (κ1) is 20.5. The van der Waals surface area contributed by atoms with Gasteiger partial charge in [0, 0.05) is 5.41 Å². The van der Waals surface area contributed by atoms with E-state index in [1.807, 2.05) is 0 Å². The summed E-state index contributed by atoms with van der Waals surface area (Å²) in [4.78, 5) is 10.7. The lowest BCUT2D eigenvalue weighted by Crippen LogP contribution is -2.48. The zero-order valence-electron chi connectivity index (χ0n) is 14.2. The number of alkyl halides is 3. The fraction of sp³-hybridized carbons (Fsp3) is 0.562. The smallest absolute Gasteiger partial charge is 0.419 e. The van der Waals surface area contributed by atoms with Crippen molar-refractivity contribution in [2.24, 2.45) is 0 Å². The predicted molar refractivity (Wildman–Crippen MR) is 86.2 cm³/mol.